The third-order valence-electron chi connectivity index (χ3n) is 0.824. The molecule has 48 valence electrons. The fraction of sp³-hybridized carbons (Fsp3) is 0. The SMILES string of the molecule is O=C1C=CC(=O)C=C1.P. The van der Waals surface area contributed by atoms with Crippen molar-refractivity contribution in [1.29, 1.82) is 0 Å². The molecule has 1 atom stereocenters. The number of hydrogen-bond acceptors (Lipinski definition) is 2. The van der Waals surface area contributed by atoms with Gasteiger partial charge in [-0.2, -0.15) is 9.90 Å². The maximum atomic E-state index is 10.3. The molecule has 1 rings (SSSR count). The lowest BCUT2D eigenvalue weighted by Gasteiger charge is -1.87. The molecule has 3 heteroatoms. The third kappa shape index (κ3) is 2.34. The van der Waals surface area contributed by atoms with Crippen LogP contribution in [0.2, 0.25) is 0 Å². The summed E-state index contributed by atoms with van der Waals surface area (Å²) in [6, 6.07) is 0. The Hall–Kier alpha value is -0.750. The number of allylic oxidation sites excluding steroid dienone is 4. The van der Waals surface area contributed by atoms with Crippen LogP contribution in [0.3, 0.4) is 0 Å². The minimum absolute atomic E-state index is 0. The summed E-state index contributed by atoms with van der Waals surface area (Å²) >= 11 is 0. The molecule has 0 fully saturated rings. The molecule has 1 aliphatic carbocycles. The summed E-state index contributed by atoms with van der Waals surface area (Å²) in [6.45, 7) is 0. The minimum Gasteiger partial charge on any atom is -0.290 e. The summed E-state index contributed by atoms with van der Waals surface area (Å²) < 4.78 is 0. The van der Waals surface area contributed by atoms with Crippen LogP contribution in [0, 0.1) is 0 Å². The molecule has 0 aliphatic heterocycles. The summed E-state index contributed by atoms with van der Waals surface area (Å²) in [7, 11) is 0. The van der Waals surface area contributed by atoms with E-state index < -0.39 is 0 Å². The highest BCUT2D eigenvalue weighted by molar-refractivity contribution is 6.92. The van der Waals surface area contributed by atoms with E-state index in [1.54, 1.807) is 0 Å². The van der Waals surface area contributed by atoms with Gasteiger partial charge in [-0.3, -0.25) is 9.59 Å². The lowest BCUT2D eigenvalue weighted by atomic mass is 10.2. The number of ketones is 2. The van der Waals surface area contributed by atoms with Crippen molar-refractivity contribution in [3.8, 4) is 0 Å². The molecular weight excluding hydrogens is 135 g/mol. The van der Waals surface area contributed by atoms with Crippen molar-refractivity contribution in [1.82, 2.24) is 0 Å². The third-order valence-corrected chi connectivity index (χ3v) is 0.824. The van der Waals surface area contributed by atoms with Crippen LogP contribution < -0.4 is 0 Å². The monoisotopic (exact) mass is 142 g/mol. The van der Waals surface area contributed by atoms with Gasteiger partial charge in [0.15, 0.2) is 11.6 Å². The van der Waals surface area contributed by atoms with Crippen molar-refractivity contribution >= 4 is 21.5 Å². The zero-order valence-electron chi connectivity index (χ0n) is 4.83. The molecule has 0 saturated heterocycles. The Morgan fingerprint density at radius 3 is 1.22 bits per heavy atom. The molecule has 0 N–H and O–H groups in total. The number of rotatable bonds is 0. The maximum Gasteiger partial charge on any atom is 0.178 e. The Bertz CT molecular complexity index is 153. The molecule has 1 aliphatic rings. The van der Waals surface area contributed by atoms with E-state index in [0.29, 0.717) is 0 Å². The molecule has 0 heterocycles. The molecule has 0 aromatic carbocycles. The zero-order valence-corrected chi connectivity index (χ0v) is 6.25. The first-order valence-electron chi connectivity index (χ1n) is 2.23. The summed E-state index contributed by atoms with van der Waals surface area (Å²) in [5, 5.41) is 0. The second kappa shape index (κ2) is 3.31. The first-order valence-corrected chi connectivity index (χ1v) is 2.23. The Kier molecular flexibility index (Phi) is 3.03. The molecule has 0 aromatic heterocycles. The van der Waals surface area contributed by atoms with Gasteiger partial charge in [-0.25, -0.2) is 0 Å². The summed E-state index contributed by atoms with van der Waals surface area (Å²) in [5.74, 6) is -0.241. The van der Waals surface area contributed by atoms with Crippen molar-refractivity contribution in [2.75, 3.05) is 0 Å². The van der Waals surface area contributed by atoms with Gasteiger partial charge in [-0.15, -0.1) is 0 Å². The molecule has 0 saturated carbocycles. The van der Waals surface area contributed by atoms with Gasteiger partial charge in [0.05, 0.1) is 0 Å². The van der Waals surface area contributed by atoms with Gasteiger partial charge in [0.2, 0.25) is 0 Å². The van der Waals surface area contributed by atoms with Gasteiger partial charge in [0, 0.05) is 0 Å². The topological polar surface area (TPSA) is 34.1 Å². The van der Waals surface area contributed by atoms with Crippen molar-refractivity contribution in [3.05, 3.63) is 24.3 Å². The highest BCUT2D eigenvalue weighted by atomic mass is 31.0. The number of carbonyl (C=O) groups excluding carboxylic acids is 2. The van der Waals surface area contributed by atoms with Crippen LogP contribution in [0.1, 0.15) is 0 Å². The fourth-order valence-electron chi connectivity index (χ4n) is 0.440. The van der Waals surface area contributed by atoms with Crippen molar-refractivity contribution in [3.63, 3.8) is 0 Å². The van der Waals surface area contributed by atoms with E-state index in [0.717, 1.165) is 0 Å². The highest BCUT2D eigenvalue weighted by Gasteiger charge is 1.97. The summed E-state index contributed by atoms with van der Waals surface area (Å²) in [5.41, 5.74) is 0. The Morgan fingerprint density at radius 1 is 0.778 bits per heavy atom. The number of hydrogen-bond donors (Lipinski definition) is 0. The first-order chi connectivity index (χ1) is 3.79. The molecule has 2 nitrogen and oxygen atoms in total. The van der Waals surface area contributed by atoms with E-state index >= 15 is 0 Å². The molecule has 0 bridgehead atoms. The van der Waals surface area contributed by atoms with Crippen molar-refractivity contribution in [2.24, 2.45) is 0 Å². The fourth-order valence-corrected chi connectivity index (χ4v) is 0.440. The van der Waals surface area contributed by atoms with Gasteiger partial charge < -0.3 is 0 Å². The van der Waals surface area contributed by atoms with Crippen LogP contribution in [0.15, 0.2) is 24.3 Å². The van der Waals surface area contributed by atoms with Gasteiger partial charge in [0.25, 0.3) is 0 Å². The molecular formula is C6H7O2P. The molecule has 1 unspecified atom stereocenters. The molecule has 0 radical (unpaired) electrons. The predicted octanol–water partition coefficient (Wildman–Crippen LogP) is 0.309. The van der Waals surface area contributed by atoms with E-state index in [-0.39, 0.29) is 21.5 Å². The Balaban J connectivity index is 0.000000640. The van der Waals surface area contributed by atoms with Crippen LogP contribution in [0.5, 0.6) is 0 Å². The highest BCUT2D eigenvalue weighted by Crippen LogP contribution is 1.90. The van der Waals surface area contributed by atoms with Crippen LogP contribution in [-0.4, -0.2) is 11.6 Å². The molecule has 0 aromatic rings. The van der Waals surface area contributed by atoms with E-state index in [2.05, 4.69) is 0 Å². The van der Waals surface area contributed by atoms with Crippen LogP contribution in [-0.2, 0) is 9.59 Å². The first kappa shape index (κ1) is 8.25. The van der Waals surface area contributed by atoms with E-state index in [4.69, 9.17) is 0 Å². The predicted molar refractivity (Wildman–Crippen MR) is 39.4 cm³/mol. The van der Waals surface area contributed by atoms with Crippen LogP contribution in [0.4, 0.5) is 0 Å². The van der Waals surface area contributed by atoms with E-state index in [1.165, 1.54) is 24.3 Å². The standard InChI is InChI=1S/C6H4O2.H3P/c7-5-1-2-6(8)4-3-5;/h1-4H;1H3. The second-order valence-electron chi connectivity index (χ2n) is 1.47. The average Bonchev–Trinajstić information content (AvgIpc) is 1.77. The van der Waals surface area contributed by atoms with Crippen LogP contribution in [0.25, 0.3) is 0 Å². The Labute approximate surface area is 56.3 Å². The Morgan fingerprint density at radius 2 is 1.00 bits per heavy atom. The summed E-state index contributed by atoms with van der Waals surface area (Å²) in [4.78, 5) is 20.6. The van der Waals surface area contributed by atoms with E-state index in [9.17, 15) is 9.59 Å². The average molecular weight is 142 g/mol. The van der Waals surface area contributed by atoms with Gasteiger partial charge in [-0.1, -0.05) is 0 Å². The van der Waals surface area contributed by atoms with Gasteiger partial charge >= 0.3 is 0 Å². The number of carbonyl (C=O) groups is 2. The van der Waals surface area contributed by atoms with Crippen molar-refractivity contribution < 1.29 is 9.59 Å². The largest absolute Gasteiger partial charge is 0.290 e. The molecule has 0 spiro atoms. The normalized spacial score (nSPS) is 15.6. The molecule has 0 amide bonds. The van der Waals surface area contributed by atoms with Gasteiger partial charge in [0.1, 0.15) is 0 Å². The molecule has 9 heavy (non-hydrogen) atoms. The second-order valence-corrected chi connectivity index (χ2v) is 1.47. The summed E-state index contributed by atoms with van der Waals surface area (Å²) in [6.07, 6.45) is 5.01. The van der Waals surface area contributed by atoms with Gasteiger partial charge in [-0.05, 0) is 24.3 Å². The maximum absolute atomic E-state index is 10.3. The van der Waals surface area contributed by atoms with Crippen LogP contribution >= 0.6 is 9.90 Å². The lowest BCUT2D eigenvalue weighted by molar-refractivity contribution is -0.113. The van der Waals surface area contributed by atoms with E-state index in [1.807, 2.05) is 0 Å². The smallest absolute Gasteiger partial charge is 0.178 e. The zero-order chi connectivity index (χ0) is 5.98. The lowest BCUT2D eigenvalue weighted by Crippen LogP contribution is -1.97. The minimum atomic E-state index is -0.121. The quantitative estimate of drug-likeness (QED) is 0.360. The van der Waals surface area contributed by atoms with Crippen molar-refractivity contribution in [2.45, 2.75) is 0 Å².